The van der Waals surface area contributed by atoms with Crippen molar-refractivity contribution < 1.29 is 9.59 Å². The molecule has 24 heavy (non-hydrogen) atoms. The number of likely N-dealkylation sites (tertiary alicyclic amines) is 2. The van der Waals surface area contributed by atoms with Crippen molar-refractivity contribution in [2.24, 2.45) is 0 Å². The van der Waals surface area contributed by atoms with Crippen molar-refractivity contribution in [3.05, 3.63) is 34.9 Å². The van der Waals surface area contributed by atoms with E-state index in [1.54, 1.807) is 0 Å². The van der Waals surface area contributed by atoms with Gasteiger partial charge in [0.15, 0.2) is 0 Å². The van der Waals surface area contributed by atoms with E-state index in [-0.39, 0.29) is 17.9 Å². The molecule has 1 atom stereocenters. The molecule has 3 aliphatic rings. The van der Waals surface area contributed by atoms with Crippen LogP contribution in [0.4, 0.5) is 0 Å². The smallest absolute Gasteiger partial charge is 0.254 e. The van der Waals surface area contributed by atoms with Crippen LogP contribution in [0.2, 0.25) is 0 Å². The lowest BCUT2D eigenvalue weighted by Gasteiger charge is -2.38. The van der Waals surface area contributed by atoms with Gasteiger partial charge in [-0.1, -0.05) is 6.07 Å². The Hall–Kier alpha value is -1.84. The fraction of sp³-hybridized carbons (Fsp3) is 0.600. The van der Waals surface area contributed by atoms with Crippen LogP contribution < -0.4 is 0 Å². The van der Waals surface area contributed by atoms with Crippen LogP contribution in [0.5, 0.6) is 0 Å². The number of hydrogen-bond acceptors (Lipinski definition) is 2. The van der Waals surface area contributed by atoms with Gasteiger partial charge in [-0.05, 0) is 68.2 Å². The Balaban J connectivity index is 1.51. The van der Waals surface area contributed by atoms with Gasteiger partial charge in [0, 0.05) is 37.7 Å². The van der Waals surface area contributed by atoms with Crippen LogP contribution in [0, 0.1) is 0 Å². The molecule has 4 rings (SSSR count). The molecule has 1 aromatic carbocycles. The molecule has 2 saturated heterocycles. The summed E-state index contributed by atoms with van der Waals surface area (Å²) >= 11 is 0. The highest BCUT2D eigenvalue weighted by Crippen LogP contribution is 2.26. The predicted octanol–water partition coefficient (Wildman–Crippen LogP) is 2.79. The zero-order valence-electron chi connectivity index (χ0n) is 14.3. The van der Waals surface area contributed by atoms with Gasteiger partial charge in [0.25, 0.3) is 5.91 Å². The zero-order chi connectivity index (χ0) is 16.5. The second-order valence-corrected chi connectivity index (χ2v) is 7.43. The Morgan fingerprint density at radius 3 is 2.71 bits per heavy atom. The van der Waals surface area contributed by atoms with E-state index in [4.69, 9.17) is 0 Å². The first-order chi connectivity index (χ1) is 11.7. The molecule has 0 saturated carbocycles. The molecule has 0 unspecified atom stereocenters. The van der Waals surface area contributed by atoms with Crippen molar-refractivity contribution in [3.63, 3.8) is 0 Å². The maximum absolute atomic E-state index is 13.1. The molecule has 2 heterocycles. The molecule has 1 aliphatic carbocycles. The molecule has 0 spiro atoms. The maximum Gasteiger partial charge on any atom is 0.254 e. The van der Waals surface area contributed by atoms with Gasteiger partial charge in [-0.3, -0.25) is 9.59 Å². The Labute approximate surface area is 143 Å². The number of piperidine rings is 1. The maximum atomic E-state index is 13.1. The van der Waals surface area contributed by atoms with E-state index in [1.165, 1.54) is 17.5 Å². The van der Waals surface area contributed by atoms with Crippen LogP contribution >= 0.6 is 0 Å². The average Bonchev–Trinajstić information content (AvgIpc) is 3.23. The zero-order valence-corrected chi connectivity index (χ0v) is 14.3. The molecule has 4 nitrogen and oxygen atoms in total. The molecule has 4 heteroatoms. The highest BCUT2D eigenvalue weighted by atomic mass is 16.2. The normalized spacial score (nSPS) is 23.7. The number of nitrogens with zero attached hydrogens (tertiary/aromatic N) is 2. The molecular weight excluding hydrogens is 300 g/mol. The van der Waals surface area contributed by atoms with Gasteiger partial charge in [0.1, 0.15) is 0 Å². The summed E-state index contributed by atoms with van der Waals surface area (Å²) in [5.74, 6) is 0.409. The van der Waals surface area contributed by atoms with Gasteiger partial charge in [-0.2, -0.15) is 0 Å². The largest absolute Gasteiger partial charge is 0.341 e. The highest BCUT2D eigenvalue weighted by molar-refractivity contribution is 5.95. The highest BCUT2D eigenvalue weighted by Gasteiger charge is 2.32. The SMILES string of the molecule is O=C1CCCN1C[C@@H]1CCCCN1C(=O)c1ccc2c(c1)CCC2. The minimum Gasteiger partial charge on any atom is -0.341 e. The molecule has 128 valence electrons. The van der Waals surface area contributed by atoms with Gasteiger partial charge in [-0.25, -0.2) is 0 Å². The molecule has 0 bridgehead atoms. The average molecular weight is 326 g/mol. The Morgan fingerprint density at radius 1 is 1.00 bits per heavy atom. The Kier molecular flexibility index (Phi) is 4.30. The summed E-state index contributed by atoms with van der Waals surface area (Å²) in [6, 6.07) is 6.43. The van der Waals surface area contributed by atoms with E-state index in [1.807, 2.05) is 15.9 Å². The van der Waals surface area contributed by atoms with Crippen molar-refractivity contribution in [1.29, 1.82) is 0 Å². The number of rotatable bonds is 3. The lowest BCUT2D eigenvalue weighted by atomic mass is 9.99. The summed E-state index contributed by atoms with van der Waals surface area (Å²) in [6.07, 6.45) is 8.32. The molecule has 2 amide bonds. The molecular formula is C20H26N2O2. The summed E-state index contributed by atoms with van der Waals surface area (Å²) < 4.78 is 0. The Morgan fingerprint density at radius 2 is 1.88 bits per heavy atom. The fourth-order valence-electron chi connectivity index (χ4n) is 4.48. The van der Waals surface area contributed by atoms with Crippen LogP contribution in [0.1, 0.15) is 60.0 Å². The summed E-state index contributed by atoms with van der Waals surface area (Å²) in [5.41, 5.74) is 3.59. The first-order valence-corrected chi connectivity index (χ1v) is 9.43. The molecule has 0 N–H and O–H groups in total. The monoisotopic (exact) mass is 326 g/mol. The number of carbonyl (C=O) groups excluding carboxylic acids is 2. The van der Waals surface area contributed by atoms with Crippen LogP contribution in [-0.2, 0) is 17.6 Å². The quantitative estimate of drug-likeness (QED) is 0.857. The van der Waals surface area contributed by atoms with Gasteiger partial charge in [-0.15, -0.1) is 0 Å². The van der Waals surface area contributed by atoms with Crippen LogP contribution in [-0.4, -0.2) is 47.3 Å². The third-order valence-corrected chi connectivity index (χ3v) is 5.84. The minimum atomic E-state index is 0.154. The lowest BCUT2D eigenvalue weighted by Crippen LogP contribution is -2.49. The second kappa shape index (κ2) is 6.58. The number of benzene rings is 1. The number of amides is 2. The first kappa shape index (κ1) is 15.7. The molecule has 0 radical (unpaired) electrons. The third kappa shape index (κ3) is 2.94. The topological polar surface area (TPSA) is 40.6 Å². The number of fused-ring (bicyclic) bond motifs is 1. The standard InChI is InChI=1S/C20H26N2O2/c23-19-8-4-11-21(19)14-18-7-1-2-12-22(18)20(24)17-10-9-15-5-3-6-16(15)13-17/h9-10,13,18H,1-8,11-12,14H2/t18-/m0/s1. The lowest BCUT2D eigenvalue weighted by molar-refractivity contribution is -0.128. The second-order valence-electron chi connectivity index (χ2n) is 7.43. The van der Waals surface area contributed by atoms with E-state index in [9.17, 15) is 9.59 Å². The van der Waals surface area contributed by atoms with Gasteiger partial charge in [0.2, 0.25) is 5.91 Å². The van der Waals surface area contributed by atoms with Crippen molar-refractivity contribution in [2.75, 3.05) is 19.6 Å². The van der Waals surface area contributed by atoms with Crippen LogP contribution in [0.15, 0.2) is 18.2 Å². The van der Waals surface area contributed by atoms with E-state index in [0.29, 0.717) is 6.42 Å². The Bertz CT molecular complexity index is 655. The minimum absolute atomic E-state index is 0.154. The summed E-state index contributed by atoms with van der Waals surface area (Å²) in [6.45, 7) is 2.40. The van der Waals surface area contributed by atoms with E-state index >= 15 is 0 Å². The van der Waals surface area contributed by atoms with Crippen LogP contribution in [0.25, 0.3) is 0 Å². The predicted molar refractivity (Wildman–Crippen MR) is 93.0 cm³/mol. The van der Waals surface area contributed by atoms with Crippen molar-refractivity contribution in [2.45, 2.75) is 57.4 Å². The van der Waals surface area contributed by atoms with E-state index in [0.717, 1.165) is 63.7 Å². The fourth-order valence-corrected chi connectivity index (χ4v) is 4.48. The van der Waals surface area contributed by atoms with Crippen molar-refractivity contribution >= 4 is 11.8 Å². The van der Waals surface area contributed by atoms with Crippen LogP contribution in [0.3, 0.4) is 0 Å². The first-order valence-electron chi connectivity index (χ1n) is 9.43. The van der Waals surface area contributed by atoms with E-state index in [2.05, 4.69) is 12.1 Å². The van der Waals surface area contributed by atoms with Gasteiger partial charge >= 0.3 is 0 Å². The molecule has 2 fully saturated rings. The molecule has 2 aliphatic heterocycles. The number of carbonyl (C=O) groups is 2. The summed E-state index contributed by atoms with van der Waals surface area (Å²) in [5, 5.41) is 0. The summed E-state index contributed by atoms with van der Waals surface area (Å²) in [7, 11) is 0. The van der Waals surface area contributed by atoms with E-state index < -0.39 is 0 Å². The van der Waals surface area contributed by atoms with Gasteiger partial charge < -0.3 is 9.80 Å². The number of hydrogen-bond donors (Lipinski definition) is 0. The molecule has 0 aromatic heterocycles. The third-order valence-electron chi connectivity index (χ3n) is 5.84. The molecule has 1 aromatic rings. The van der Waals surface area contributed by atoms with Crippen molar-refractivity contribution in [3.8, 4) is 0 Å². The summed E-state index contributed by atoms with van der Waals surface area (Å²) in [4.78, 5) is 29.0. The number of aryl methyl sites for hydroxylation is 2. The van der Waals surface area contributed by atoms with Gasteiger partial charge in [0.05, 0.1) is 0 Å². The van der Waals surface area contributed by atoms with Crippen molar-refractivity contribution in [1.82, 2.24) is 9.80 Å².